The molecule has 0 fully saturated rings. The van der Waals surface area contributed by atoms with Gasteiger partial charge >= 0.3 is 0 Å². The second kappa shape index (κ2) is 5.22. The Morgan fingerprint density at radius 3 is 2.53 bits per heavy atom. The van der Waals surface area contributed by atoms with E-state index in [1.807, 2.05) is 0 Å². The Morgan fingerprint density at radius 1 is 1.40 bits per heavy atom. The summed E-state index contributed by atoms with van der Waals surface area (Å²) < 4.78 is 5.01. The highest BCUT2D eigenvalue weighted by Crippen LogP contribution is 2.36. The summed E-state index contributed by atoms with van der Waals surface area (Å²) in [5.74, 6) is 0.498. The van der Waals surface area contributed by atoms with E-state index >= 15 is 0 Å². The fourth-order valence-corrected chi connectivity index (χ4v) is 1.73. The normalized spacial score (nSPS) is 11.9. The first-order valence-electron chi connectivity index (χ1n) is 4.24. The molecule has 80 valence electrons. The van der Waals surface area contributed by atoms with Gasteiger partial charge in [0.15, 0.2) is 0 Å². The topological polar surface area (TPSA) is 45.0 Å². The highest BCUT2D eigenvalue weighted by atomic mass is 35.5. The van der Waals surface area contributed by atoms with Crippen LogP contribution in [-0.2, 0) is 0 Å². The van der Waals surface area contributed by atoms with Gasteiger partial charge in [0, 0.05) is 5.56 Å². The van der Waals surface area contributed by atoms with Gasteiger partial charge < -0.3 is 10.1 Å². The zero-order valence-electron chi connectivity index (χ0n) is 8.34. The molecule has 0 spiro atoms. The van der Waals surface area contributed by atoms with Crippen molar-refractivity contribution in [1.29, 1.82) is 5.26 Å². The minimum atomic E-state index is -0.471. The lowest BCUT2D eigenvalue weighted by atomic mass is 10.1. The van der Waals surface area contributed by atoms with Gasteiger partial charge in [-0.15, -0.1) is 0 Å². The number of halogens is 2. The van der Waals surface area contributed by atoms with Crippen molar-refractivity contribution in [1.82, 2.24) is 5.32 Å². The second-order valence-electron chi connectivity index (χ2n) is 2.84. The number of nitrogens with one attached hydrogen (secondary N) is 1. The predicted molar refractivity (Wildman–Crippen MR) is 60.4 cm³/mol. The van der Waals surface area contributed by atoms with Crippen LogP contribution in [0, 0.1) is 11.3 Å². The molecule has 1 aromatic carbocycles. The standard InChI is InChI=1S/C10H10Cl2N2O/c1-14-7(5-13)6-3-4-8(15-2)10(12)9(6)11/h3-4,7,14H,1-2H3. The van der Waals surface area contributed by atoms with Crippen LogP contribution in [-0.4, -0.2) is 14.2 Å². The van der Waals surface area contributed by atoms with E-state index in [9.17, 15) is 0 Å². The molecule has 1 rings (SSSR count). The van der Waals surface area contributed by atoms with Crippen LogP contribution in [0.1, 0.15) is 11.6 Å². The molecule has 0 saturated carbocycles. The van der Waals surface area contributed by atoms with Crippen molar-refractivity contribution in [2.24, 2.45) is 0 Å². The van der Waals surface area contributed by atoms with Crippen LogP contribution in [0.3, 0.4) is 0 Å². The summed E-state index contributed by atoms with van der Waals surface area (Å²) >= 11 is 12.0. The number of ether oxygens (including phenoxy) is 1. The van der Waals surface area contributed by atoms with Crippen molar-refractivity contribution >= 4 is 23.2 Å². The van der Waals surface area contributed by atoms with Crippen LogP contribution < -0.4 is 10.1 Å². The maximum atomic E-state index is 8.88. The molecule has 1 aromatic rings. The molecule has 1 N–H and O–H groups in total. The van der Waals surface area contributed by atoms with Gasteiger partial charge in [-0.25, -0.2) is 0 Å². The predicted octanol–water partition coefficient (Wildman–Crippen LogP) is 2.79. The van der Waals surface area contributed by atoms with Crippen molar-refractivity contribution < 1.29 is 4.74 Å². The minimum absolute atomic E-state index is 0.326. The molecule has 0 aliphatic carbocycles. The minimum Gasteiger partial charge on any atom is -0.495 e. The van der Waals surface area contributed by atoms with E-state index in [0.717, 1.165) is 0 Å². The van der Waals surface area contributed by atoms with E-state index in [2.05, 4.69) is 11.4 Å². The average molecular weight is 245 g/mol. The molecule has 15 heavy (non-hydrogen) atoms. The van der Waals surface area contributed by atoms with E-state index in [0.29, 0.717) is 21.4 Å². The molecule has 0 saturated heterocycles. The molecule has 3 nitrogen and oxygen atoms in total. The number of hydrogen-bond donors (Lipinski definition) is 1. The fourth-order valence-electron chi connectivity index (χ4n) is 1.22. The number of hydrogen-bond acceptors (Lipinski definition) is 3. The molecule has 0 aliphatic rings. The number of benzene rings is 1. The van der Waals surface area contributed by atoms with Crippen molar-refractivity contribution in [3.63, 3.8) is 0 Å². The maximum absolute atomic E-state index is 8.88. The van der Waals surface area contributed by atoms with Crippen LogP contribution in [0.4, 0.5) is 0 Å². The monoisotopic (exact) mass is 244 g/mol. The quantitative estimate of drug-likeness (QED) is 0.890. The molecule has 0 radical (unpaired) electrons. The van der Waals surface area contributed by atoms with Gasteiger partial charge in [0.05, 0.1) is 18.2 Å². The van der Waals surface area contributed by atoms with E-state index in [4.69, 9.17) is 33.2 Å². The lowest BCUT2D eigenvalue weighted by molar-refractivity contribution is 0.415. The summed E-state index contributed by atoms with van der Waals surface area (Å²) in [4.78, 5) is 0. The SMILES string of the molecule is CNC(C#N)c1ccc(OC)c(Cl)c1Cl. The fraction of sp³-hybridized carbons (Fsp3) is 0.300. The van der Waals surface area contributed by atoms with Crippen LogP contribution in [0.25, 0.3) is 0 Å². The molecule has 5 heteroatoms. The lowest BCUT2D eigenvalue weighted by Crippen LogP contribution is -2.14. The average Bonchev–Trinajstić information content (AvgIpc) is 2.26. The lowest BCUT2D eigenvalue weighted by Gasteiger charge is -2.13. The zero-order valence-corrected chi connectivity index (χ0v) is 9.86. The molecule has 0 amide bonds. The van der Waals surface area contributed by atoms with E-state index in [1.165, 1.54) is 7.11 Å². The first kappa shape index (κ1) is 12.1. The highest BCUT2D eigenvalue weighted by Gasteiger charge is 2.16. The summed E-state index contributed by atoms with van der Waals surface area (Å²) in [7, 11) is 3.19. The first-order valence-corrected chi connectivity index (χ1v) is 5.00. The highest BCUT2D eigenvalue weighted by molar-refractivity contribution is 6.43. The summed E-state index contributed by atoms with van der Waals surface area (Å²) in [6.45, 7) is 0. The van der Waals surface area contributed by atoms with Gasteiger partial charge in [-0.05, 0) is 13.1 Å². The Morgan fingerprint density at radius 2 is 2.07 bits per heavy atom. The number of methoxy groups -OCH3 is 1. The maximum Gasteiger partial charge on any atom is 0.139 e. The third-order valence-electron chi connectivity index (χ3n) is 2.03. The molecule has 0 bridgehead atoms. The Balaban J connectivity index is 3.23. The second-order valence-corrected chi connectivity index (χ2v) is 3.59. The molecule has 0 aliphatic heterocycles. The smallest absolute Gasteiger partial charge is 0.139 e. The summed E-state index contributed by atoms with van der Waals surface area (Å²) in [5.41, 5.74) is 0.646. The van der Waals surface area contributed by atoms with Gasteiger partial charge in [0.25, 0.3) is 0 Å². The van der Waals surface area contributed by atoms with Crippen LogP contribution in [0.15, 0.2) is 12.1 Å². The van der Waals surface area contributed by atoms with Gasteiger partial charge in [-0.1, -0.05) is 29.3 Å². The first-order chi connectivity index (χ1) is 7.15. The van der Waals surface area contributed by atoms with Gasteiger partial charge in [0.1, 0.15) is 16.8 Å². The third kappa shape index (κ3) is 2.35. The molecular formula is C10H10Cl2N2O. The summed E-state index contributed by atoms with van der Waals surface area (Å²) in [5, 5.41) is 12.4. The number of nitriles is 1. The van der Waals surface area contributed by atoms with Crippen molar-refractivity contribution in [3.05, 3.63) is 27.7 Å². The van der Waals surface area contributed by atoms with Crippen molar-refractivity contribution in [2.75, 3.05) is 14.2 Å². The van der Waals surface area contributed by atoms with Crippen molar-refractivity contribution in [3.8, 4) is 11.8 Å². The Bertz CT molecular complexity index is 401. The van der Waals surface area contributed by atoms with Crippen LogP contribution >= 0.6 is 23.2 Å². The summed E-state index contributed by atoms with van der Waals surface area (Å²) in [6.07, 6.45) is 0. The van der Waals surface area contributed by atoms with Crippen molar-refractivity contribution in [2.45, 2.75) is 6.04 Å². The molecule has 1 atom stereocenters. The molecule has 0 aromatic heterocycles. The summed E-state index contributed by atoms with van der Waals surface area (Å²) in [6, 6.07) is 5.01. The number of nitrogens with zero attached hydrogens (tertiary/aromatic N) is 1. The Kier molecular flexibility index (Phi) is 4.22. The molecule has 0 heterocycles. The number of rotatable bonds is 3. The van der Waals surface area contributed by atoms with Gasteiger partial charge in [0.2, 0.25) is 0 Å². The van der Waals surface area contributed by atoms with E-state index in [-0.39, 0.29) is 0 Å². The zero-order chi connectivity index (χ0) is 11.4. The van der Waals surface area contributed by atoms with E-state index in [1.54, 1.807) is 19.2 Å². The third-order valence-corrected chi connectivity index (χ3v) is 2.90. The van der Waals surface area contributed by atoms with E-state index < -0.39 is 6.04 Å². The Hall–Kier alpha value is -0.950. The molecule has 1 unspecified atom stereocenters. The van der Waals surface area contributed by atoms with Crippen LogP contribution in [0.2, 0.25) is 10.0 Å². The van der Waals surface area contributed by atoms with Gasteiger partial charge in [-0.2, -0.15) is 5.26 Å². The van der Waals surface area contributed by atoms with Crippen LogP contribution in [0.5, 0.6) is 5.75 Å². The van der Waals surface area contributed by atoms with Gasteiger partial charge in [-0.3, -0.25) is 0 Å². The largest absolute Gasteiger partial charge is 0.495 e. The Labute approximate surface area is 98.6 Å². The molecular weight excluding hydrogens is 235 g/mol.